The van der Waals surface area contributed by atoms with Crippen molar-refractivity contribution in [2.24, 2.45) is 17.8 Å². The van der Waals surface area contributed by atoms with Crippen molar-refractivity contribution in [3.63, 3.8) is 0 Å². The maximum absolute atomic E-state index is 13.4. The van der Waals surface area contributed by atoms with Crippen LogP contribution in [0, 0.1) is 29.1 Å². The lowest BCUT2D eigenvalue weighted by atomic mass is 9.83. The van der Waals surface area contributed by atoms with Crippen LogP contribution in [0.25, 0.3) is 0 Å². The summed E-state index contributed by atoms with van der Waals surface area (Å²) in [5.41, 5.74) is -0.264. The van der Waals surface area contributed by atoms with Gasteiger partial charge in [0.25, 0.3) is 5.91 Å². The van der Waals surface area contributed by atoms with Gasteiger partial charge in [0.2, 0.25) is 11.8 Å². The SMILES string of the molecule is CC1(C)CC[C@@H](C[C@@H](C#N)NC(=O)[C@@H]2[C@H]3CCC[C@H]3CN2C(=O)COc2ccc(Cl)cc2Cl)C(=O)N1. The number of rotatable bonds is 7. The number of ether oxygens (including phenoxy) is 1. The highest BCUT2D eigenvalue weighted by Gasteiger charge is 2.49. The van der Waals surface area contributed by atoms with Gasteiger partial charge in [-0.3, -0.25) is 14.4 Å². The number of halogens is 2. The normalized spacial score (nSPS) is 27.5. The number of amides is 3. The second-order valence-electron chi connectivity index (χ2n) is 10.7. The molecule has 1 aromatic rings. The van der Waals surface area contributed by atoms with Gasteiger partial charge in [-0.2, -0.15) is 5.26 Å². The van der Waals surface area contributed by atoms with Gasteiger partial charge in [-0.15, -0.1) is 0 Å². The molecular weight excluding hydrogens is 503 g/mol. The Balaban J connectivity index is 1.41. The summed E-state index contributed by atoms with van der Waals surface area (Å²) in [6, 6.07) is 5.43. The third kappa shape index (κ3) is 5.90. The van der Waals surface area contributed by atoms with Gasteiger partial charge in [0.05, 0.1) is 11.1 Å². The molecule has 10 heteroatoms. The Morgan fingerprint density at radius 1 is 1.31 bits per heavy atom. The summed E-state index contributed by atoms with van der Waals surface area (Å²) in [5.74, 6) is -0.438. The van der Waals surface area contributed by atoms with Gasteiger partial charge in [-0.1, -0.05) is 29.6 Å². The number of nitrogens with one attached hydrogen (secondary N) is 2. The average Bonchev–Trinajstić information content (AvgIpc) is 3.40. The van der Waals surface area contributed by atoms with Crippen LogP contribution in [0.5, 0.6) is 5.75 Å². The first kappa shape index (κ1) is 26.6. The molecule has 0 radical (unpaired) electrons. The highest BCUT2D eigenvalue weighted by Crippen LogP contribution is 2.42. The minimum Gasteiger partial charge on any atom is -0.482 e. The fourth-order valence-electron chi connectivity index (χ4n) is 5.79. The van der Waals surface area contributed by atoms with Crippen molar-refractivity contribution >= 4 is 40.9 Å². The van der Waals surface area contributed by atoms with Crippen LogP contribution in [0.1, 0.15) is 52.4 Å². The molecule has 5 atom stereocenters. The smallest absolute Gasteiger partial charge is 0.261 e. The summed E-state index contributed by atoms with van der Waals surface area (Å²) in [6.45, 7) is 4.17. The monoisotopic (exact) mass is 534 g/mol. The van der Waals surface area contributed by atoms with Crippen molar-refractivity contribution in [1.82, 2.24) is 15.5 Å². The molecule has 3 fully saturated rings. The molecule has 1 aromatic carbocycles. The maximum atomic E-state index is 13.4. The number of hydrogen-bond acceptors (Lipinski definition) is 5. The van der Waals surface area contributed by atoms with E-state index >= 15 is 0 Å². The van der Waals surface area contributed by atoms with Crippen LogP contribution < -0.4 is 15.4 Å². The topological polar surface area (TPSA) is 112 Å². The van der Waals surface area contributed by atoms with Crippen LogP contribution in [0.15, 0.2) is 18.2 Å². The molecule has 3 amide bonds. The molecule has 0 spiro atoms. The number of piperidine rings is 1. The molecule has 194 valence electrons. The lowest BCUT2D eigenvalue weighted by molar-refractivity contribution is -0.141. The molecular formula is C26H32Cl2N4O4. The first-order valence-electron chi connectivity index (χ1n) is 12.5. The van der Waals surface area contributed by atoms with E-state index in [1.54, 1.807) is 17.0 Å². The van der Waals surface area contributed by atoms with Crippen molar-refractivity contribution in [3.05, 3.63) is 28.2 Å². The standard InChI is InChI=1S/C26H32Cl2N4O4/c1-26(2)9-8-15(24(34)31-26)10-18(12-29)30-25(35)23-19-5-3-4-16(19)13-32(23)22(33)14-36-21-7-6-17(27)11-20(21)28/h6-7,11,15-16,18-19,23H,3-5,8-10,13-14H2,1-2H3,(H,30,35)(H,31,34)/t15-,16-,18-,19-,23-/m0/s1. The number of nitriles is 1. The molecule has 36 heavy (non-hydrogen) atoms. The molecule has 2 N–H and O–H groups in total. The van der Waals surface area contributed by atoms with Crippen molar-refractivity contribution in [2.75, 3.05) is 13.2 Å². The molecule has 2 aliphatic heterocycles. The minimum atomic E-state index is -0.809. The Kier molecular flexibility index (Phi) is 8.01. The molecule has 0 bridgehead atoms. The number of carbonyl (C=O) groups excluding carboxylic acids is 3. The van der Waals surface area contributed by atoms with E-state index < -0.39 is 12.1 Å². The molecule has 3 aliphatic rings. The van der Waals surface area contributed by atoms with E-state index in [1.165, 1.54) is 6.07 Å². The van der Waals surface area contributed by atoms with Gasteiger partial charge in [0.1, 0.15) is 17.8 Å². The Labute approximate surface area is 221 Å². The van der Waals surface area contributed by atoms with Gasteiger partial charge in [0.15, 0.2) is 6.61 Å². The largest absolute Gasteiger partial charge is 0.482 e. The summed E-state index contributed by atoms with van der Waals surface area (Å²) >= 11 is 12.1. The fraction of sp³-hybridized carbons (Fsp3) is 0.615. The maximum Gasteiger partial charge on any atom is 0.261 e. The summed E-state index contributed by atoms with van der Waals surface area (Å²) in [5, 5.41) is 16.3. The third-order valence-electron chi connectivity index (χ3n) is 7.67. The Hall–Kier alpha value is -2.50. The number of benzene rings is 1. The quantitative estimate of drug-likeness (QED) is 0.553. The van der Waals surface area contributed by atoms with Gasteiger partial charge in [0, 0.05) is 23.0 Å². The third-order valence-corrected chi connectivity index (χ3v) is 8.20. The van der Waals surface area contributed by atoms with Crippen LogP contribution in [-0.4, -0.2) is 53.4 Å². The van der Waals surface area contributed by atoms with Crippen molar-refractivity contribution in [3.8, 4) is 11.8 Å². The summed E-state index contributed by atoms with van der Waals surface area (Å²) in [4.78, 5) is 40.7. The zero-order chi connectivity index (χ0) is 26.0. The molecule has 8 nitrogen and oxygen atoms in total. The molecule has 4 rings (SSSR count). The molecule has 2 saturated heterocycles. The van der Waals surface area contributed by atoms with Gasteiger partial charge in [-0.05, 0) is 76.0 Å². The highest BCUT2D eigenvalue weighted by atomic mass is 35.5. The fourth-order valence-corrected chi connectivity index (χ4v) is 6.25. The first-order chi connectivity index (χ1) is 17.1. The molecule has 1 saturated carbocycles. The van der Waals surface area contributed by atoms with Gasteiger partial charge in [-0.25, -0.2) is 0 Å². The van der Waals surface area contributed by atoms with Crippen LogP contribution in [0.3, 0.4) is 0 Å². The minimum absolute atomic E-state index is 0.0474. The molecule has 0 unspecified atom stereocenters. The summed E-state index contributed by atoms with van der Waals surface area (Å²) < 4.78 is 5.64. The zero-order valence-electron chi connectivity index (χ0n) is 20.6. The van der Waals surface area contributed by atoms with E-state index in [4.69, 9.17) is 27.9 Å². The predicted octanol–water partition coefficient (Wildman–Crippen LogP) is 3.70. The predicted molar refractivity (Wildman–Crippen MR) is 135 cm³/mol. The second-order valence-corrected chi connectivity index (χ2v) is 11.6. The summed E-state index contributed by atoms with van der Waals surface area (Å²) in [6.07, 6.45) is 4.54. The van der Waals surface area contributed by atoms with E-state index in [2.05, 4.69) is 16.7 Å². The Morgan fingerprint density at radius 3 is 2.78 bits per heavy atom. The number of hydrogen-bond donors (Lipinski definition) is 2. The van der Waals surface area contributed by atoms with E-state index in [-0.39, 0.29) is 54.0 Å². The van der Waals surface area contributed by atoms with Crippen molar-refractivity contribution in [2.45, 2.75) is 70.0 Å². The Morgan fingerprint density at radius 2 is 2.08 bits per heavy atom. The highest BCUT2D eigenvalue weighted by molar-refractivity contribution is 6.35. The van der Waals surface area contributed by atoms with Crippen molar-refractivity contribution < 1.29 is 19.1 Å². The van der Waals surface area contributed by atoms with Crippen LogP contribution in [0.2, 0.25) is 10.0 Å². The first-order valence-corrected chi connectivity index (χ1v) is 13.2. The average molecular weight is 535 g/mol. The van der Waals surface area contributed by atoms with Crippen LogP contribution in [0.4, 0.5) is 0 Å². The number of likely N-dealkylation sites (tertiary alicyclic amines) is 1. The summed E-state index contributed by atoms with van der Waals surface area (Å²) in [7, 11) is 0. The number of nitrogens with zero attached hydrogens (tertiary/aromatic N) is 2. The molecule has 1 aliphatic carbocycles. The van der Waals surface area contributed by atoms with E-state index in [0.717, 1.165) is 25.7 Å². The lowest BCUT2D eigenvalue weighted by Gasteiger charge is -2.36. The Bertz CT molecular complexity index is 1070. The van der Waals surface area contributed by atoms with Crippen LogP contribution in [-0.2, 0) is 14.4 Å². The van der Waals surface area contributed by atoms with E-state index in [1.807, 2.05) is 13.8 Å². The second kappa shape index (κ2) is 10.9. The van der Waals surface area contributed by atoms with Gasteiger partial charge < -0.3 is 20.3 Å². The van der Waals surface area contributed by atoms with Crippen LogP contribution >= 0.6 is 23.2 Å². The van der Waals surface area contributed by atoms with E-state index in [9.17, 15) is 19.6 Å². The zero-order valence-corrected chi connectivity index (χ0v) is 22.1. The molecule has 2 heterocycles. The lowest BCUT2D eigenvalue weighted by Crippen LogP contribution is -2.54. The molecule has 0 aromatic heterocycles. The van der Waals surface area contributed by atoms with Crippen molar-refractivity contribution in [1.29, 1.82) is 5.26 Å². The number of carbonyl (C=O) groups is 3. The van der Waals surface area contributed by atoms with Gasteiger partial charge >= 0.3 is 0 Å². The van der Waals surface area contributed by atoms with E-state index in [0.29, 0.717) is 28.8 Å². The number of fused-ring (bicyclic) bond motifs is 1.